The average molecular weight is 286 g/mol. The van der Waals surface area contributed by atoms with E-state index >= 15 is 0 Å². The van der Waals surface area contributed by atoms with Gasteiger partial charge in [-0.15, -0.1) is 0 Å². The monoisotopic (exact) mass is 286 g/mol. The van der Waals surface area contributed by atoms with Gasteiger partial charge in [0.15, 0.2) is 0 Å². The summed E-state index contributed by atoms with van der Waals surface area (Å²) in [6, 6.07) is 9.60. The zero-order valence-electron chi connectivity index (χ0n) is 11.8. The van der Waals surface area contributed by atoms with Crippen molar-refractivity contribution in [2.75, 3.05) is 24.6 Å². The van der Waals surface area contributed by atoms with Crippen LogP contribution in [0.15, 0.2) is 30.3 Å². The molecule has 3 aliphatic rings. The van der Waals surface area contributed by atoms with Crippen molar-refractivity contribution in [2.24, 2.45) is 5.92 Å². The fourth-order valence-electron chi connectivity index (χ4n) is 3.29. The lowest BCUT2D eigenvalue weighted by Gasteiger charge is -2.36. The second kappa shape index (κ2) is 4.84. The van der Waals surface area contributed by atoms with E-state index in [0.29, 0.717) is 13.1 Å². The predicted octanol–water partition coefficient (Wildman–Crippen LogP) is 1.04. The van der Waals surface area contributed by atoms with E-state index in [2.05, 4.69) is 0 Å². The fraction of sp³-hybridized carbons (Fsp3) is 0.500. The summed E-state index contributed by atoms with van der Waals surface area (Å²) in [5.74, 6) is 0.419. The molecule has 2 unspecified atom stereocenters. The number of carbonyl (C=O) groups is 2. The molecule has 21 heavy (non-hydrogen) atoms. The smallest absolute Gasteiger partial charge is 0.253 e. The van der Waals surface area contributed by atoms with Gasteiger partial charge in [0.1, 0.15) is 6.61 Å². The Kier molecular flexibility index (Phi) is 2.96. The van der Waals surface area contributed by atoms with Crippen LogP contribution >= 0.6 is 0 Å². The number of nitrogens with zero attached hydrogens (tertiary/aromatic N) is 2. The van der Waals surface area contributed by atoms with Crippen LogP contribution in [0.5, 0.6) is 0 Å². The maximum atomic E-state index is 12.3. The lowest BCUT2D eigenvalue weighted by atomic mass is 10.1. The van der Waals surface area contributed by atoms with E-state index in [4.69, 9.17) is 4.74 Å². The van der Waals surface area contributed by atoms with Crippen molar-refractivity contribution < 1.29 is 14.3 Å². The number of amides is 2. The zero-order chi connectivity index (χ0) is 14.4. The number of hydrogen-bond donors (Lipinski definition) is 0. The normalized spacial score (nSPS) is 28.7. The van der Waals surface area contributed by atoms with Crippen molar-refractivity contribution in [3.8, 4) is 0 Å². The van der Waals surface area contributed by atoms with Crippen LogP contribution in [-0.4, -0.2) is 48.6 Å². The first-order chi connectivity index (χ1) is 10.2. The van der Waals surface area contributed by atoms with E-state index in [0.717, 1.165) is 18.5 Å². The van der Waals surface area contributed by atoms with Crippen molar-refractivity contribution in [3.05, 3.63) is 30.3 Å². The molecule has 0 radical (unpaired) electrons. The Labute approximate surface area is 123 Å². The van der Waals surface area contributed by atoms with Gasteiger partial charge in [-0.05, 0) is 25.0 Å². The molecule has 1 aromatic carbocycles. The second-order valence-corrected chi connectivity index (χ2v) is 6.03. The summed E-state index contributed by atoms with van der Waals surface area (Å²) in [6.45, 7) is 1.29. The molecular formula is C16H18N2O3. The molecule has 5 nitrogen and oxygen atoms in total. The topological polar surface area (TPSA) is 49.9 Å². The van der Waals surface area contributed by atoms with E-state index in [-0.39, 0.29) is 36.5 Å². The van der Waals surface area contributed by atoms with Gasteiger partial charge in [-0.25, -0.2) is 0 Å². The first-order valence-corrected chi connectivity index (χ1v) is 7.51. The molecule has 2 heterocycles. The van der Waals surface area contributed by atoms with Gasteiger partial charge in [0.2, 0.25) is 5.91 Å². The summed E-state index contributed by atoms with van der Waals surface area (Å²) in [4.78, 5) is 28.2. The molecule has 0 spiro atoms. The Hall–Kier alpha value is -1.88. The molecule has 1 aromatic rings. The van der Waals surface area contributed by atoms with Crippen molar-refractivity contribution in [2.45, 2.75) is 25.0 Å². The van der Waals surface area contributed by atoms with E-state index in [9.17, 15) is 9.59 Å². The van der Waals surface area contributed by atoms with Crippen molar-refractivity contribution in [3.63, 3.8) is 0 Å². The summed E-state index contributed by atoms with van der Waals surface area (Å²) in [5.41, 5.74) is 0.890. The van der Waals surface area contributed by atoms with Gasteiger partial charge in [-0.1, -0.05) is 18.2 Å². The van der Waals surface area contributed by atoms with Gasteiger partial charge < -0.3 is 14.5 Å². The quantitative estimate of drug-likeness (QED) is 0.816. The highest BCUT2D eigenvalue weighted by Crippen LogP contribution is 2.34. The molecule has 2 amide bonds. The molecule has 0 bridgehead atoms. The summed E-state index contributed by atoms with van der Waals surface area (Å²) in [6.07, 6.45) is 1.95. The lowest BCUT2D eigenvalue weighted by Crippen LogP contribution is -2.54. The van der Waals surface area contributed by atoms with Gasteiger partial charge in [0.05, 0.1) is 12.1 Å². The zero-order valence-corrected chi connectivity index (χ0v) is 11.8. The molecule has 4 rings (SSSR count). The summed E-state index contributed by atoms with van der Waals surface area (Å²) >= 11 is 0. The van der Waals surface area contributed by atoms with Crippen LogP contribution in [0.2, 0.25) is 0 Å². The number of benzene rings is 1. The second-order valence-electron chi connectivity index (χ2n) is 6.03. The van der Waals surface area contributed by atoms with E-state index in [1.807, 2.05) is 40.1 Å². The number of fused-ring (bicyclic) bond motifs is 1. The maximum absolute atomic E-state index is 12.3. The molecule has 5 heteroatoms. The summed E-state index contributed by atoms with van der Waals surface area (Å²) < 4.78 is 5.66. The largest absolute Gasteiger partial charge is 0.364 e. The summed E-state index contributed by atoms with van der Waals surface area (Å²) in [7, 11) is 0. The Balaban J connectivity index is 1.59. The minimum absolute atomic E-state index is 0.0248. The number of carbonyl (C=O) groups excluding carboxylic acids is 2. The van der Waals surface area contributed by atoms with E-state index in [1.165, 1.54) is 0 Å². The van der Waals surface area contributed by atoms with Crippen LogP contribution in [0.1, 0.15) is 12.8 Å². The van der Waals surface area contributed by atoms with E-state index < -0.39 is 0 Å². The fourth-order valence-corrected chi connectivity index (χ4v) is 3.29. The van der Waals surface area contributed by atoms with Gasteiger partial charge >= 0.3 is 0 Å². The molecule has 3 fully saturated rings. The van der Waals surface area contributed by atoms with Crippen LogP contribution in [0, 0.1) is 5.92 Å². The number of hydrogen-bond acceptors (Lipinski definition) is 3. The Morgan fingerprint density at radius 3 is 2.62 bits per heavy atom. The van der Waals surface area contributed by atoms with Crippen LogP contribution in [0.25, 0.3) is 0 Å². The first kappa shape index (κ1) is 12.8. The van der Waals surface area contributed by atoms with Gasteiger partial charge in [-0.2, -0.15) is 0 Å². The minimum atomic E-state index is -0.0643. The molecule has 110 valence electrons. The average Bonchev–Trinajstić information content (AvgIpc) is 3.27. The van der Waals surface area contributed by atoms with Crippen LogP contribution in [-0.2, 0) is 14.3 Å². The van der Waals surface area contributed by atoms with Crippen molar-refractivity contribution >= 4 is 17.5 Å². The molecule has 2 saturated heterocycles. The highest BCUT2D eigenvalue weighted by Gasteiger charge is 2.47. The maximum Gasteiger partial charge on any atom is 0.253 e. The van der Waals surface area contributed by atoms with E-state index in [1.54, 1.807) is 0 Å². The SMILES string of the molecule is O=C(C1CC1)N1CC2OCC(=O)N(c3ccccc3)C2C1. The third kappa shape index (κ3) is 2.21. The number of ether oxygens (including phenoxy) is 1. The molecular weight excluding hydrogens is 268 g/mol. The van der Waals surface area contributed by atoms with Crippen LogP contribution in [0.3, 0.4) is 0 Å². The Bertz CT molecular complexity index is 570. The molecule has 0 N–H and O–H groups in total. The highest BCUT2D eigenvalue weighted by atomic mass is 16.5. The standard InChI is InChI=1S/C16H18N2O3/c19-15-10-21-14-9-17(16(20)11-6-7-11)8-13(14)18(15)12-4-2-1-3-5-12/h1-5,11,13-14H,6-10H2. The third-order valence-electron chi connectivity index (χ3n) is 4.53. The van der Waals surface area contributed by atoms with Gasteiger partial charge in [0, 0.05) is 24.7 Å². The number of likely N-dealkylation sites (tertiary alicyclic amines) is 1. The van der Waals surface area contributed by atoms with Crippen LogP contribution < -0.4 is 4.90 Å². The Morgan fingerprint density at radius 1 is 1.14 bits per heavy atom. The number of para-hydroxylation sites is 1. The van der Waals surface area contributed by atoms with Gasteiger partial charge in [-0.3, -0.25) is 9.59 Å². The van der Waals surface area contributed by atoms with Crippen LogP contribution in [0.4, 0.5) is 5.69 Å². The molecule has 2 aliphatic heterocycles. The summed E-state index contributed by atoms with van der Waals surface area (Å²) in [5, 5.41) is 0. The molecule has 1 saturated carbocycles. The van der Waals surface area contributed by atoms with Crippen molar-refractivity contribution in [1.29, 1.82) is 0 Å². The van der Waals surface area contributed by atoms with Gasteiger partial charge in [0.25, 0.3) is 5.91 Å². The third-order valence-corrected chi connectivity index (χ3v) is 4.53. The van der Waals surface area contributed by atoms with Crippen molar-refractivity contribution in [1.82, 2.24) is 4.90 Å². The number of morpholine rings is 1. The lowest BCUT2D eigenvalue weighted by molar-refractivity contribution is -0.132. The minimum Gasteiger partial charge on any atom is -0.364 e. The molecule has 1 aliphatic carbocycles. The first-order valence-electron chi connectivity index (χ1n) is 7.51. The molecule has 0 aromatic heterocycles. The number of rotatable bonds is 2. The molecule has 2 atom stereocenters. The predicted molar refractivity (Wildman–Crippen MR) is 76.8 cm³/mol. The highest BCUT2D eigenvalue weighted by molar-refractivity contribution is 5.96. The Morgan fingerprint density at radius 2 is 1.90 bits per heavy atom. The number of anilines is 1.